The second-order valence-corrected chi connectivity index (χ2v) is 11.9. The van der Waals surface area contributed by atoms with E-state index in [-0.39, 0.29) is 63.7 Å². The summed E-state index contributed by atoms with van der Waals surface area (Å²) in [6.07, 6.45) is 1.45. The van der Waals surface area contributed by atoms with Gasteiger partial charge >= 0.3 is 51.4 Å². The maximum Gasteiger partial charge on any atom is 1.00 e. The molecule has 1 aliphatic heterocycles. The van der Waals surface area contributed by atoms with Gasteiger partial charge in [-0.15, -0.1) is 0 Å². The number of ketones is 1. The van der Waals surface area contributed by atoms with Gasteiger partial charge in [-0.2, -0.15) is 0 Å². The summed E-state index contributed by atoms with van der Waals surface area (Å²) in [4.78, 5) is 27.9. The predicted octanol–water partition coefficient (Wildman–Crippen LogP) is -0.357. The van der Waals surface area contributed by atoms with E-state index in [0.717, 1.165) is 11.1 Å². The van der Waals surface area contributed by atoms with Crippen LogP contribution in [0.5, 0.6) is 0 Å². The van der Waals surface area contributed by atoms with E-state index >= 15 is 0 Å². The van der Waals surface area contributed by atoms with Gasteiger partial charge in [0, 0.05) is 24.5 Å². The van der Waals surface area contributed by atoms with Gasteiger partial charge in [0.2, 0.25) is 0 Å². The maximum atomic E-state index is 14.8. The summed E-state index contributed by atoms with van der Waals surface area (Å²) >= 11 is 0. The van der Waals surface area contributed by atoms with Gasteiger partial charge in [0.1, 0.15) is 12.7 Å². The smallest absolute Gasteiger partial charge is 0.548 e. The number of nitrogens with zero attached hydrogens (tertiary/aromatic N) is 1. The third-order valence-electron chi connectivity index (χ3n) is 6.40. The molecule has 172 valence electrons. The summed E-state index contributed by atoms with van der Waals surface area (Å²) < 4.78 is 14.8. The van der Waals surface area contributed by atoms with Gasteiger partial charge in [0.05, 0.1) is 12.0 Å². The standard InChI is InChI=1S/C25H33N2O4P.K/c1-3-15-27-16-14-22(25(27,24(29)30)23(28)19(2)26)32(31,17-20-10-6-4-7-11-20)18-21-12-8-5-9-13-21;/h4-13,19,22H,3,14-18,26H2,1-2H3,(H,29,30);/q;+1/p-1/t19-,22?,25+;/m0./s1. The molecule has 0 bridgehead atoms. The van der Waals surface area contributed by atoms with E-state index in [4.69, 9.17) is 5.73 Å². The van der Waals surface area contributed by atoms with Gasteiger partial charge in [-0.25, -0.2) is 0 Å². The zero-order valence-electron chi connectivity index (χ0n) is 19.8. The van der Waals surface area contributed by atoms with Crippen molar-refractivity contribution in [1.29, 1.82) is 0 Å². The zero-order valence-corrected chi connectivity index (χ0v) is 23.8. The van der Waals surface area contributed by atoms with E-state index < -0.39 is 36.1 Å². The molecule has 3 rings (SSSR count). The van der Waals surface area contributed by atoms with Crippen molar-refractivity contribution in [2.75, 3.05) is 13.1 Å². The van der Waals surface area contributed by atoms with Gasteiger partial charge in [-0.3, -0.25) is 9.69 Å². The zero-order chi connectivity index (χ0) is 23.4. The second kappa shape index (κ2) is 12.4. The van der Waals surface area contributed by atoms with Crippen LogP contribution < -0.4 is 62.2 Å². The molecule has 8 heteroatoms. The molecule has 0 radical (unpaired) electrons. The normalized spacial score (nSPS) is 21.8. The van der Waals surface area contributed by atoms with E-state index in [1.165, 1.54) is 6.92 Å². The summed E-state index contributed by atoms with van der Waals surface area (Å²) in [6.45, 7) is 4.20. The van der Waals surface area contributed by atoms with Crippen LogP contribution in [0.1, 0.15) is 37.8 Å². The van der Waals surface area contributed by atoms with E-state index in [1.807, 2.05) is 67.6 Å². The van der Waals surface area contributed by atoms with Crippen LogP contribution >= 0.6 is 7.14 Å². The van der Waals surface area contributed by atoms with Crippen LogP contribution in [-0.2, 0) is 26.5 Å². The van der Waals surface area contributed by atoms with Crippen molar-refractivity contribution in [2.24, 2.45) is 5.73 Å². The van der Waals surface area contributed by atoms with E-state index in [2.05, 4.69) is 0 Å². The molecule has 1 unspecified atom stereocenters. The van der Waals surface area contributed by atoms with E-state index in [1.54, 1.807) is 4.90 Å². The van der Waals surface area contributed by atoms with Gasteiger partial charge < -0.3 is 20.2 Å². The van der Waals surface area contributed by atoms with Gasteiger partial charge in [-0.1, -0.05) is 67.6 Å². The number of hydrogen-bond donors (Lipinski definition) is 1. The van der Waals surface area contributed by atoms with Crippen LogP contribution in [0.4, 0.5) is 0 Å². The number of hydrogen-bond acceptors (Lipinski definition) is 6. The molecule has 2 N–H and O–H groups in total. The Bertz CT molecular complexity index is 941. The first-order chi connectivity index (χ1) is 15.3. The largest absolute Gasteiger partial charge is 1.00 e. The van der Waals surface area contributed by atoms with Crippen molar-refractivity contribution < 1.29 is 70.6 Å². The van der Waals surface area contributed by atoms with Crippen molar-refractivity contribution in [2.45, 2.75) is 56.3 Å². The number of carbonyl (C=O) groups is 2. The fourth-order valence-electron chi connectivity index (χ4n) is 5.10. The van der Waals surface area contributed by atoms with Gasteiger partial charge in [0.25, 0.3) is 0 Å². The Labute approximate surface area is 239 Å². The fraction of sp³-hybridized carbons (Fsp3) is 0.440. The van der Waals surface area contributed by atoms with Gasteiger partial charge in [0.15, 0.2) is 5.78 Å². The van der Waals surface area contributed by atoms with Crippen LogP contribution in [0, 0.1) is 0 Å². The van der Waals surface area contributed by atoms with Crippen LogP contribution in [0.3, 0.4) is 0 Å². The van der Waals surface area contributed by atoms with Crippen LogP contribution in [0.25, 0.3) is 0 Å². The summed E-state index contributed by atoms with van der Waals surface area (Å²) in [5.74, 6) is -2.10. The van der Waals surface area contributed by atoms with Gasteiger partial charge in [-0.05, 0) is 37.4 Å². The molecule has 0 spiro atoms. The third kappa shape index (κ3) is 5.96. The van der Waals surface area contributed by atoms with Crippen molar-refractivity contribution in [3.05, 3.63) is 71.8 Å². The first kappa shape index (κ1) is 28.6. The Hall–Kier alpha value is -0.634. The Kier molecular flexibility index (Phi) is 10.7. The average Bonchev–Trinajstić information content (AvgIpc) is 3.15. The molecular formula is C25H32KN2O4P. The number of carbonyl (C=O) groups excluding carboxylic acids is 2. The topological polar surface area (TPSA) is 104 Å². The molecule has 2 aromatic rings. The SMILES string of the molecule is CCCN1CCC(P(=O)(Cc2ccccc2)Cc2ccccc2)[C@]1(C(=O)[O-])C(=O)[C@H](C)N.[K+]. The minimum absolute atomic E-state index is 0. The molecule has 1 fully saturated rings. The molecule has 1 aliphatic rings. The first-order valence-corrected chi connectivity index (χ1v) is 13.3. The molecule has 1 saturated heterocycles. The summed E-state index contributed by atoms with van der Waals surface area (Å²) in [5, 5.41) is 12.8. The Morgan fingerprint density at radius 2 is 1.58 bits per heavy atom. The number of rotatable bonds is 10. The number of Topliss-reactive ketones (excluding diaryl/α,β-unsaturated/α-hetero) is 1. The number of likely N-dealkylation sites (tertiary alicyclic amines) is 1. The van der Waals surface area contributed by atoms with Crippen molar-refractivity contribution >= 4 is 18.9 Å². The fourth-order valence-corrected chi connectivity index (χ4v) is 8.98. The number of nitrogens with two attached hydrogens (primary N) is 1. The van der Waals surface area contributed by atoms with E-state index in [9.17, 15) is 19.3 Å². The quantitative estimate of drug-likeness (QED) is 0.275. The Morgan fingerprint density at radius 1 is 1.09 bits per heavy atom. The van der Waals surface area contributed by atoms with E-state index in [0.29, 0.717) is 25.9 Å². The first-order valence-electron chi connectivity index (χ1n) is 11.2. The predicted molar refractivity (Wildman–Crippen MR) is 125 cm³/mol. The van der Waals surface area contributed by atoms with Crippen LogP contribution in [-0.4, -0.2) is 47.0 Å². The van der Waals surface area contributed by atoms with Crippen molar-refractivity contribution in [3.63, 3.8) is 0 Å². The average molecular weight is 495 g/mol. The molecule has 0 aliphatic carbocycles. The number of aliphatic carboxylic acids is 1. The summed E-state index contributed by atoms with van der Waals surface area (Å²) in [6, 6.07) is 17.8. The molecule has 0 saturated carbocycles. The van der Waals surface area contributed by atoms with Crippen LogP contribution in [0.2, 0.25) is 0 Å². The molecule has 6 nitrogen and oxygen atoms in total. The Morgan fingerprint density at radius 3 is 1.97 bits per heavy atom. The molecule has 0 amide bonds. The number of carboxylic acids is 1. The minimum Gasteiger partial charge on any atom is -0.548 e. The summed E-state index contributed by atoms with van der Waals surface area (Å²) in [5.41, 5.74) is 4.82. The summed E-state index contributed by atoms with van der Waals surface area (Å²) in [7, 11) is -3.28. The third-order valence-corrected chi connectivity index (χ3v) is 9.97. The monoisotopic (exact) mass is 494 g/mol. The maximum absolute atomic E-state index is 14.8. The number of benzene rings is 2. The molecule has 1 heterocycles. The minimum atomic E-state index is -3.28. The van der Waals surface area contributed by atoms with Crippen LogP contribution in [0.15, 0.2) is 60.7 Å². The number of carboxylic acid groups (broad SMARTS) is 1. The molecule has 2 aromatic carbocycles. The van der Waals surface area contributed by atoms with Crippen molar-refractivity contribution in [1.82, 2.24) is 4.90 Å². The molecule has 33 heavy (non-hydrogen) atoms. The molecular weight excluding hydrogens is 462 g/mol. The molecule has 0 aromatic heterocycles. The van der Waals surface area contributed by atoms with Crippen molar-refractivity contribution in [3.8, 4) is 0 Å². The molecule has 3 atom stereocenters. The Balaban J connectivity index is 0.00000385. The second-order valence-electron chi connectivity index (χ2n) is 8.74.